The highest BCUT2D eigenvalue weighted by molar-refractivity contribution is 6.32. The summed E-state index contributed by atoms with van der Waals surface area (Å²) in [5.41, 5.74) is -0.113. The summed E-state index contributed by atoms with van der Waals surface area (Å²) in [4.78, 5) is 23.6. The van der Waals surface area contributed by atoms with Crippen molar-refractivity contribution in [3.63, 3.8) is 0 Å². The van der Waals surface area contributed by atoms with Gasteiger partial charge in [0.15, 0.2) is 0 Å². The Balaban J connectivity index is 2.61. The van der Waals surface area contributed by atoms with E-state index in [1.807, 2.05) is 0 Å². The summed E-state index contributed by atoms with van der Waals surface area (Å²) in [6.07, 6.45) is -0.650. The number of ether oxygens (including phenoxy) is 2. The molecule has 0 aliphatic carbocycles. The minimum absolute atomic E-state index is 0.382. The first-order valence-electron chi connectivity index (χ1n) is 6.76. The van der Waals surface area contributed by atoms with Crippen LogP contribution in [0.1, 0.15) is 27.7 Å². The van der Waals surface area contributed by atoms with Crippen LogP contribution in [0.3, 0.4) is 0 Å². The Labute approximate surface area is 135 Å². The zero-order valence-electron chi connectivity index (χ0n) is 13.3. The molecule has 0 saturated carbocycles. The van der Waals surface area contributed by atoms with Gasteiger partial charge in [0, 0.05) is 5.69 Å². The summed E-state index contributed by atoms with van der Waals surface area (Å²) in [5, 5.41) is 5.50. The number of rotatable bonds is 4. The average Bonchev–Trinajstić information content (AvgIpc) is 2.36. The first-order valence-corrected chi connectivity index (χ1v) is 7.14. The normalized spacial score (nSPS) is 12.3. The lowest BCUT2D eigenvalue weighted by Gasteiger charge is -2.21. The van der Waals surface area contributed by atoms with E-state index in [4.69, 9.17) is 21.1 Å². The van der Waals surface area contributed by atoms with Gasteiger partial charge in [-0.05, 0) is 45.9 Å². The lowest BCUT2D eigenvalue weighted by atomic mass is 10.2. The quantitative estimate of drug-likeness (QED) is 0.889. The number of carbonyl (C=O) groups is 2. The molecule has 22 heavy (non-hydrogen) atoms. The van der Waals surface area contributed by atoms with Gasteiger partial charge in [0.2, 0.25) is 5.91 Å². The van der Waals surface area contributed by atoms with Crippen LogP contribution in [0.5, 0.6) is 5.75 Å². The molecule has 0 aliphatic rings. The van der Waals surface area contributed by atoms with Crippen LogP contribution < -0.4 is 15.4 Å². The fraction of sp³-hybridized carbons (Fsp3) is 0.467. The Bertz CT molecular complexity index is 555. The molecular formula is C15H21ClN2O4. The van der Waals surface area contributed by atoms with Gasteiger partial charge in [0.25, 0.3) is 0 Å². The summed E-state index contributed by atoms with van der Waals surface area (Å²) in [6, 6.07) is 4.11. The van der Waals surface area contributed by atoms with Crippen LogP contribution in [0.15, 0.2) is 18.2 Å². The monoisotopic (exact) mass is 328 g/mol. The third-order valence-corrected chi connectivity index (χ3v) is 2.84. The molecule has 1 rings (SSSR count). The predicted octanol–water partition coefficient (Wildman–Crippen LogP) is 3.20. The van der Waals surface area contributed by atoms with Gasteiger partial charge in [0.1, 0.15) is 17.4 Å². The van der Waals surface area contributed by atoms with E-state index in [0.717, 1.165) is 0 Å². The minimum atomic E-state index is -0.754. The molecule has 6 nitrogen and oxygen atoms in total. The van der Waals surface area contributed by atoms with E-state index < -0.39 is 17.7 Å². The van der Waals surface area contributed by atoms with Crippen LogP contribution in [-0.2, 0) is 9.53 Å². The highest BCUT2D eigenvalue weighted by Gasteiger charge is 2.21. The minimum Gasteiger partial charge on any atom is -0.495 e. The van der Waals surface area contributed by atoms with E-state index in [1.54, 1.807) is 45.9 Å². The summed E-state index contributed by atoms with van der Waals surface area (Å²) in [6.45, 7) is 6.80. The highest BCUT2D eigenvalue weighted by atomic mass is 35.5. The lowest BCUT2D eigenvalue weighted by molar-refractivity contribution is -0.117. The first-order chi connectivity index (χ1) is 10.1. The predicted molar refractivity (Wildman–Crippen MR) is 85.5 cm³/mol. The van der Waals surface area contributed by atoms with Crippen LogP contribution >= 0.6 is 11.6 Å². The number of hydrogen-bond donors (Lipinski definition) is 2. The standard InChI is InChI=1S/C15H21ClN2O4/c1-9(17-14(20)22-15(2,3)4)13(19)18-10-6-7-12(21-5)11(16)8-10/h6-9H,1-5H3,(H,17,20)(H,18,19). The maximum Gasteiger partial charge on any atom is 0.408 e. The van der Waals surface area contributed by atoms with E-state index in [-0.39, 0.29) is 5.91 Å². The van der Waals surface area contributed by atoms with Crippen LogP contribution in [0.2, 0.25) is 5.02 Å². The molecule has 0 saturated heterocycles. The topological polar surface area (TPSA) is 76.7 Å². The molecular weight excluding hydrogens is 308 g/mol. The third kappa shape index (κ3) is 5.81. The number of hydrogen-bond acceptors (Lipinski definition) is 4. The van der Waals surface area contributed by atoms with Crippen molar-refractivity contribution in [2.75, 3.05) is 12.4 Å². The molecule has 0 aromatic heterocycles. The number of benzene rings is 1. The fourth-order valence-electron chi connectivity index (χ4n) is 1.54. The molecule has 2 amide bonds. The van der Waals surface area contributed by atoms with Crippen molar-refractivity contribution in [1.82, 2.24) is 5.32 Å². The second kappa shape index (κ2) is 7.35. The average molecular weight is 329 g/mol. The Morgan fingerprint density at radius 3 is 2.41 bits per heavy atom. The van der Waals surface area contributed by atoms with Gasteiger partial charge in [-0.1, -0.05) is 11.6 Å². The second-order valence-corrected chi connectivity index (χ2v) is 6.11. The summed E-state index contributed by atoms with van der Waals surface area (Å²) in [7, 11) is 1.51. The number of alkyl carbamates (subject to hydrolysis) is 1. The van der Waals surface area contributed by atoms with Crippen LogP contribution in [0.25, 0.3) is 0 Å². The Morgan fingerprint density at radius 2 is 1.91 bits per heavy atom. The van der Waals surface area contributed by atoms with Crippen molar-refractivity contribution in [2.45, 2.75) is 39.3 Å². The fourth-order valence-corrected chi connectivity index (χ4v) is 1.80. The van der Waals surface area contributed by atoms with Crippen molar-refractivity contribution in [2.24, 2.45) is 0 Å². The van der Waals surface area contributed by atoms with Gasteiger partial charge in [-0.3, -0.25) is 4.79 Å². The number of amides is 2. The van der Waals surface area contributed by atoms with Gasteiger partial charge < -0.3 is 20.1 Å². The maximum absolute atomic E-state index is 12.0. The van der Waals surface area contributed by atoms with Crippen molar-refractivity contribution in [3.8, 4) is 5.75 Å². The second-order valence-electron chi connectivity index (χ2n) is 5.71. The molecule has 0 aliphatic heterocycles. The zero-order chi connectivity index (χ0) is 16.9. The van der Waals surface area contributed by atoms with Crippen LogP contribution in [0, 0.1) is 0 Å². The van der Waals surface area contributed by atoms with Gasteiger partial charge in [-0.2, -0.15) is 0 Å². The number of halogens is 1. The molecule has 1 aromatic carbocycles. The Hall–Kier alpha value is -1.95. The lowest BCUT2D eigenvalue weighted by Crippen LogP contribution is -2.43. The van der Waals surface area contributed by atoms with Gasteiger partial charge in [-0.15, -0.1) is 0 Å². The smallest absolute Gasteiger partial charge is 0.408 e. The van der Waals surface area contributed by atoms with Crippen molar-refractivity contribution in [1.29, 1.82) is 0 Å². The largest absolute Gasteiger partial charge is 0.495 e. The number of methoxy groups -OCH3 is 1. The summed E-state index contributed by atoms with van der Waals surface area (Å²) in [5.74, 6) is 0.131. The molecule has 0 spiro atoms. The van der Waals surface area contributed by atoms with Crippen molar-refractivity contribution in [3.05, 3.63) is 23.2 Å². The summed E-state index contributed by atoms with van der Waals surface area (Å²) >= 11 is 5.98. The first kappa shape index (κ1) is 18.1. The SMILES string of the molecule is COc1ccc(NC(=O)C(C)NC(=O)OC(C)(C)C)cc1Cl. The molecule has 122 valence electrons. The summed E-state index contributed by atoms with van der Waals surface area (Å²) < 4.78 is 10.1. The van der Waals surface area contributed by atoms with E-state index in [9.17, 15) is 9.59 Å². The highest BCUT2D eigenvalue weighted by Crippen LogP contribution is 2.27. The van der Waals surface area contributed by atoms with E-state index in [0.29, 0.717) is 16.5 Å². The molecule has 0 heterocycles. The van der Waals surface area contributed by atoms with Crippen molar-refractivity contribution >= 4 is 29.3 Å². The Morgan fingerprint density at radius 1 is 1.27 bits per heavy atom. The van der Waals surface area contributed by atoms with Crippen LogP contribution in [-0.4, -0.2) is 30.8 Å². The van der Waals surface area contributed by atoms with E-state index in [1.165, 1.54) is 7.11 Å². The molecule has 2 N–H and O–H groups in total. The molecule has 0 fully saturated rings. The zero-order valence-corrected chi connectivity index (χ0v) is 14.1. The molecule has 0 radical (unpaired) electrons. The number of carbonyl (C=O) groups excluding carboxylic acids is 2. The molecule has 1 unspecified atom stereocenters. The molecule has 1 atom stereocenters. The van der Waals surface area contributed by atoms with E-state index >= 15 is 0 Å². The number of nitrogens with one attached hydrogen (secondary N) is 2. The maximum atomic E-state index is 12.0. The van der Waals surface area contributed by atoms with Gasteiger partial charge in [0.05, 0.1) is 12.1 Å². The Kier molecular flexibility index (Phi) is 6.05. The van der Waals surface area contributed by atoms with Crippen LogP contribution in [0.4, 0.5) is 10.5 Å². The molecule has 0 bridgehead atoms. The molecule has 1 aromatic rings. The van der Waals surface area contributed by atoms with Crippen molar-refractivity contribution < 1.29 is 19.1 Å². The van der Waals surface area contributed by atoms with E-state index in [2.05, 4.69) is 10.6 Å². The molecule has 7 heteroatoms. The van der Waals surface area contributed by atoms with Gasteiger partial charge >= 0.3 is 6.09 Å². The van der Waals surface area contributed by atoms with Gasteiger partial charge in [-0.25, -0.2) is 4.79 Å². The number of anilines is 1. The third-order valence-electron chi connectivity index (χ3n) is 2.55.